The predicted octanol–water partition coefficient (Wildman–Crippen LogP) is 3.17. The Morgan fingerprint density at radius 3 is 2.35 bits per heavy atom. The molecule has 1 aromatic carbocycles. The predicted molar refractivity (Wildman–Crippen MR) is 147 cm³/mol. The van der Waals surface area contributed by atoms with E-state index in [0.29, 0.717) is 28.7 Å². The molecule has 0 fully saturated rings. The normalized spacial score (nSPS) is 14.8. The van der Waals surface area contributed by atoms with Crippen LogP contribution in [0.2, 0.25) is 0 Å². The van der Waals surface area contributed by atoms with E-state index in [1.54, 1.807) is 35.2 Å². The number of methoxy groups -OCH3 is 3. The van der Waals surface area contributed by atoms with Crippen molar-refractivity contribution in [3.8, 4) is 28.7 Å². The Labute approximate surface area is 232 Å². The first-order valence-electron chi connectivity index (χ1n) is 12.8. The summed E-state index contributed by atoms with van der Waals surface area (Å²) in [5, 5.41) is 15.3. The summed E-state index contributed by atoms with van der Waals surface area (Å²) < 4.78 is 48.5. The molecule has 0 amide bonds. The summed E-state index contributed by atoms with van der Waals surface area (Å²) in [7, 11) is 0.350. The molecule has 0 saturated heterocycles. The van der Waals surface area contributed by atoms with Gasteiger partial charge in [-0.2, -0.15) is 5.10 Å². The molecule has 3 aromatic heterocycles. The summed E-state index contributed by atoms with van der Waals surface area (Å²) in [6.45, 7) is 3.37. The molecule has 0 unspecified atom stereocenters. The van der Waals surface area contributed by atoms with Gasteiger partial charge in [0.05, 0.1) is 14.2 Å². The third-order valence-electron chi connectivity index (χ3n) is 7.02. The van der Waals surface area contributed by atoms with E-state index >= 15 is 0 Å². The highest BCUT2D eigenvalue weighted by Gasteiger charge is 2.35. The van der Waals surface area contributed by atoms with E-state index in [0.717, 1.165) is 42.5 Å². The van der Waals surface area contributed by atoms with Gasteiger partial charge < -0.3 is 14.2 Å². The van der Waals surface area contributed by atoms with Gasteiger partial charge in [-0.1, -0.05) is 6.07 Å². The van der Waals surface area contributed by atoms with E-state index in [1.807, 2.05) is 6.92 Å². The molecule has 0 spiro atoms. The van der Waals surface area contributed by atoms with E-state index < -0.39 is 21.4 Å². The lowest BCUT2D eigenvalue weighted by molar-refractivity contribution is 0.0949. The number of aromatic amines is 1. The van der Waals surface area contributed by atoms with Crippen LogP contribution >= 0.6 is 0 Å². The minimum Gasteiger partial charge on any atom is -0.494 e. The Morgan fingerprint density at radius 2 is 1.70 bits per heavy atom. The molecule has 0 radical (unpaired) electrons. The molecule has 0 aliphatic heterocycles. The number of fused-ring (bicyclic) bond motifs is 1. The van der Waals surface area contributed by atoms with Crippen molar-refractivity contribution >= 4 is 16.0 Å². The van der Waals surface area contributed by atoms with E-state index in [-0.39, 0.29) is 11.8 Å². The molecule has 2 atom stereocenters. The maximum Gasteiger partial charge on any atom is 0.243 e. The molecule has 13 nitrogen and oxygen atoms in total. The molecule has 4 aromatic rings. The quantitative estimate of drug-likeness (QED) is 0.291. The number of rotatable bonds is 10. The van der Waals surface area contributed by atoms with Crippen LogP contribution in [0.4, 0.5) is 5.95 Å². The first kappa shape index (κ1) is 27.5. The van der Waals surface area contributed by atoms with Crippen molar-refractivity contribution < 1.29 is 22.6 Å². The van der Waals surface area contributed by atoms with Crippen LogP contribution in [0, 0.1) is 6.92 Å². The van der Waals surface area contributed by atoms with Crippen molar-refractivity contribution in [2.75, 3.05) is 26.1 Å². The maximum absolute atomic E-state index is 13.7. The Hall–Kier alpha value is -4.04. The van der Waals surface area contributed by atoms with Crippen molar-refractivity contribution in [3.05, 3.63) is 53.2 Å². The number of aryl methyl sites for hydroxylation is 2. The van der Waals surface area contributed by atoms with Gasteiger partial charge in [0.15, 0.2) is 11.6 Å². The average molecular weight is 569 g/mol. The maximum atomic E-state index is 13.7. The SMILES string of the molecule is COc1cccc(OC)c1-n1c(NS(=O)(=O)[C@@H](C)[C@H](OC)c2ncc(C)cn2)nnc1-c1n[nH]c2c1CCCC2. The van der Waals surface area contributed by atoms with Crippen LogP contribution in [0.3, 0.4) is 0 Å². The zero-order valence-corrected chi connectivity index (χ0v) is 23.8. The molecule has 14 heteroatoms. The Bertz CT molecular complexity index is 1580. The number of benzene rings is 1. The van der Waals surface area contributed by atoms with Gasteiger partial charge in [-0.15, -0.1) is 10.2 Å². The molecule has 3 heterocycles. The van der Waals surface area contributed by atoms with Gasteiger partial charge in [0.2, 0.25) is 16.0 Å². The van der Waals surface area contributed by atoms with Crippen LogP contribution in [0.15, 0.2) is 30.6 Å². The molecular weight excluding hydrogens is 536 g/mol. The van der Waals surface area contributed by atoms with Gasteiger partial charge in [-0.25, -0.2) is 18.4 Å². The molecule has 1 aliphatic carbocycles. The summed E-state index contributed by atoms with van der Waals surface area (Å²) >= 11 is 0. The number of para-hydroxylation sites is 1. The third-order valence-corrected chi connectivity index (χ3v) is 8.71. The molecule has 5 rings (SSSR count). The van der Waals surface area contributed by atoms with Crippen molar-refractivity contribution in [1.29, 1.82) is 0 Å². The number of hydrogen-bond donors (Lipinski definition) is 2. The van der Waals surface area contributed by atoms with Crippen LogP contribution < -0.4 is 14.2 Å². The fraction of sp³-hybridized carbons (Fsp3) is 0.423. The molecule has 2 N–H and O–H groups in total. The van der Waals surface area contributed by atoms with E-state index in [2.05, 4.69) is 35.1 Å². The Kier molecular flexibility index (Phi) is 7.72. The zero-order valence-electron chi connectivity index (χ0n) is 23.0. The second kappa shape index (κ2) is 11.2. The van der Waals surface area contributed by atoms with Gasteiger partial charge in [0.1, 0.15) is 34.2 Å². The number of anilines is 1. The Morgan fingerprint density at radius 1 is 1.02 bits per heavy atom. The van der Waals surface area contributed by atoms with Crippen molar-refractivity contribution in [3.63, 3.8) is 0 Å². The fourth-order valence-corrected chi connectivity index (χ4v) is 6.00. The van der Waals surface area contributed by atoms with Crippen LogP contribution in [0.25, 0.3) is 17.2 Å². The highest BCUT2D eigenvalue weighted by Crippen LogP contribution is 2.39. The number of nitrogens with one attached hydrogen (secondary N) is 2. The highest BCUT2D eigenvalue weighted by atomic mass is 32.2. The Balaban J connectivity index is 1.63. The summed E-state index contributed by atoms with van der Waals surface area (Å²) in [4.78, 5) is 8.55. The van der Waals surface area contributed by atoms with E-state index in [9.17, 15) is 8.42 Å². The van der Waals surface area contributed by atoms with Gasteiger partial charge in [-0.3, -0.25) is 14.4 Å². The van der Waals surface area contributed by atoms with E-state index in [4.69, 9.17) is 14.2 Å². The van der Waals surface area contributed by atoms with Gasteiger partial charge in [0.25, 0.3) is 0 Å². The lowest BCUT2D eigenvalue weighted by Crippen LogP contribution is -2.33. The van der Waals surface area contributed by atoms with Crippen molar-refractivity contribution in [2.24, 2.45) is 0 Å². The number of ether oxygens (including phenoxy) is 3. The largest absolute Gasteiger partial charge is 0.494 e. The third kappa shape index (κ3) is 4.99. The molecule has 0 saturated carbocycles. The number of hydrogen-bond acceptors (Lipinski definition) is 10. The minimum absolute atomic E-state index is 0.0584. The topological polar surface area (TPSA) is 159 Å². The lowest BCUT2D eigenvalue weighted by Gasteiger charge is -2.23. The monoisotopic (exact) mass is 568 g/mol. The van der Waals surface area contributed by atoms with Crippen LogP contribution in [0.5, 0.6) is 11.5 Å². The molecule has 1 aliphatic rings. The number of sulfonamides is 1. The van der Waals surface area contributed by atoms with Crippen LogP contribution in [0.1, 0.15) is 48.5 Å². The van der Waals surface area contributed by atoms with Crippen molar-refractivity contribution in [1.82, 2.24) is 34.9 Å². The van der Waals surface area contributed by atoms with Gasteiger partial charge >= 0.3 is 0 Å². The standard InChI is InChI=1S/C26H32N8O5S/c1-15-13-27-24(28-14-15)23(39-5)16(2)40(35,36)33-26-32-31-25(21-17-9-6-7-10-18(17)29-30-21)34(26)22-19(37-3)11-8-12-20(22)38-4/h8,11-14,16,23H,6-7,9-10H2,1-5H3,(H,29,30)(H,32,33)/t16-,23-/m0/s1. The first-order valence-corrected chi connectivity index (χ1v) is 14.4. The minimum atomic E-state index is -4.11. The summed E-state index contributed by atoms with van der Waals surface area (Å²) in [6.07, 6.45) is 6.07. The van der Waals surface area contributed by atoms with Crippen LogP contribution in [-0.4, -0.2) is 69.9 Å². The fourth-order valence-electron chi connectivity index (χ4n) is 4.87. The smallest absolute Gasteiger partial charge is 0.243 e. The molecule has 212 valence electrons. The molecule has 0 bridgehead atoms. The second-order valence-electron chi connectivity index (χ2n) is 9.56. The number of aromatic nitrogens is 7. The first-order chi connectivity index (χ1) is 19.3. The lowest BCUT2D eigenvalue weighted by atomic mass is 9.96. The second-order valence-corrected chi connectivity index (χ2v) is 11.6. The number of nitrogens with zero attached hydrogens (tertiary/aromatic N) is 6. The zero-order chi connectivity index (χ0) is 28.4. The average Bonchev–Trinajstić information content (AvgIpc) is 3.57. The summed E-state index contributed by atoms with van der Waals surface area (Å²) in [5.74, 6) is 1.40. The van der Waals surface area contributed by atoms with E-state index in [1.165, 1.54) is 28.3 Å². The van der Waals surface area contributed by atoms with Gasteiger partial charge in [-0.05, 0) is 57.2 Å². The number of H-pyrrole nitrogens is 1. The highest BCUT2D eigenvalue weighted by molar-refractivity contribution is 7.93. The van der Waals surface area contributed by atoms with Gasteiger partial charge in [0, 0.05) is 30.8 Å². The summed E-state index contributed by atoms with van der Waals surface area (Å²) in [5.41, 5.74) is 3.94. The summed E-state index contributed by atoms with van der Waals surface area (Å²) in [6, 6.07) is 5.27. The van der Waals surface area contributed by atoms with Crippen molar-refractivity contribution in [2.45, 2.75) is 50.9 Å². The molecule has 40 heavy (non-hydrogen) atoms. The molecular formula is C26H32N8O5S. The van der Waals surface area contributed by atoms with Crippen LogP contribution in [-0.2, 0) is 27.6 Å².